The summed E-state index contributed by atoms with van der Waals surface area (Å²) in [6.45, 7) is 1.83. The van der Waals surface area contributed by atoms with Crippen molar-refractivity contribution in [2.45, 2.75) is 17.2 Å². The number of halogens is 1. The molecule has 0 bridgehead atoms. The van der Waals surface area contributed by atoms with Crippen LogP contribution < -0.4 is 5.32 Å². The second-order valence-corrected chi connectivity index (χ2v) is 6.69. The lowest BCUT2D eigenvalue weighted by molar-refractivity contribution is -0.115. The molecule has 2 N–H and O–H groups in total. The van der Waals surface area contributed by atoms with Crippen LogP contribution in [0.15, 0.2) is 46.4 Å². The van der Waals surface area contributed by atoms with Gasteiger partial charge in [-0.15, -0.1) is 0 Å². The van der Waals surface area contributed by atoms with Gasteiger partial charge in [0.25, 0.3) is 0 Å². The number of aromatic nitrogens is 4. The van der Waals surface area contributed by atoms with Crippen LogP contribution in [0.2, 0.25) is 0 Å². The average Bonchev–Trinajstić information content (AvgIpc) is 2.99. The zero-order valence-corrected chi connectivity index (χ0v) is 14.0. The molecule has 0 aliphatic heterocycles. The van der Waals surface area contributed by atoms with Crippen molar-refractivity contribution in [2.24, 2.45) is 0 Å². The number of nitrogens with zero attached hydrogens (tertiary/aromatic N) is 3. The van der Waals surface area contributed by atoms with Crippen molar-refractivity contribution in [2.75, 3.05) is 5.32 Å². The molecule has 0 aliphatic rings. The first kappa shape index (κ1) is 15.0. The third kappa shape index (κ3) is 3.12. The minimum Gasteiger partial charge on any atom is -0.341 e. The van der Waals surface area contributed by atoms with Crippen molar-refractivity contribution in [3.05, 3.63) is 41.4 Å². The first-order valence-electron chi connectivity index (χ1n) is 6.51. The van der Waals surface area contributed by atoms with E-state index in [4.69, 9.17) is 0 Å². The Kier molecular flexibility index (Phi) is 4.39. The summed E-state index contributed by atoms with van der Waals surface area (Å²) in [6, 6.07) is 7.49. The van der Waals surface area contributed by atoms with Crippen molar-refractivity contribution in [3.63, 3.8) is 0 Å². The monoisotopic (exact) mass is 377 g/mol. The number of fused-ring (bicyclic) bond motifs is 1. The molecule has 1 atom stereocenters. The third-order valence-corrected chi connectivity index (χ3v) is 4.77. The Morgan fingerprint density at radius 3 is 2.95 bits per heavy atom. The molecule has 0 radical (unpaired) electrons. The Morgan fingerprint density at radius 2 is 2.14 bits per heavy atom. The first-order chi connectivity index (χ1) is 10.6. The molecule has 3 rings (SSSR count). The highest BCUT2D eigenvalue weighted by Gasteiger charge is 2.18. The number of benzene rings is 1. The van der Waals surface area contributed by atoms with Crippen LogP contribution in [-0.4, -0.2) is 31.1 Å². The van der Waals surface area contributed by atoms with Crippen LogP contribution in [0, 0.1) is 0 Å². The fraction of sp³-hybridized carbons (Fsp3) is 0.143. The molecule has 0 spiro atoms. The molecule has 3 aromatic rings. The van der Waals surface area contributed by atoms with Crippen molar-refractivity contribution in [3.8, 4) is 0 Å². The molecule has 8 heteroatoms. The van der Waals surface area contributed by atoms with E-state index in [1.54, 1.807) is 6.33 Å². The molecular formula is C14H12BrN5OS. The average molecular weight is 378 g/mol. The van der Waals surface area contributed by atoms with Crippen LogP contribution in [0.1, 0.15) is 6.92 Å². The number of aromatic amines is 1. The second-order valence-electron chi connectivity index (χ2n) is 4.51. The first-order valence-corrected chi connectivity index (χ1v) is 8.18. The summed E-state index contributed by atoms with van der Waals surface area (Å²) in [5.74, 6) is -0.0943. The van der Waals surface area contributed by atoms with Crippen LogP contribution >= 0.6 is 27.7 Å². The minimum atomic E-state index is -0.312. The smallest absolute Gasteiger partial charge is 0.237 e. The lowest BCUT2D eigenvalue weighted by Crippen LogP contribution is -2.22. The fourth-order valence-electron chi connectivity index (χ4n) is 1.85. The Bertz CT molecular complexity index is 822. The fourth-order valence-corrected chi connectivity index (χ4v) is 3.11. The zero-order chi connectivity index (χ0) is 15.5. The minimum absolute atomic E-state index is 0.0943. The van der Waals surface area contributed by atoms with Gasteiger partial charge in [-0.2, -0.15) is 0 Å². The highest BCUT2D eigenvalue weighted by atomic mass is 79.9. The molecule has 1 amide bonds. The summed E-state index contributed by atoms with van der Waals surface area (Å²) >= 11 is 4.77. The summed E-state index contributed by atoms with van der Waals surface area (Å²) < 4.78 is 0.846. The summed E-state index contributed by atoms with van der Waals surface area (Å²) in [5, 5.41) is 3.29. The Morgan fingerprint density at radius 1 is 1.32 bits per heavy atom. The van der Waals surface area contributed by atoms with Gasteiger partial charge in [0.05, 0.1) is 17.3 Å². The van der Waals surface area contributed by atoms with E-state index in [1.165, 1.54) is 18.1 Å². The zero-order valence-electron chi connectivity index (χ0n) is 11.6. The van der Waals surface area contributed by atoms with E-state index in [1.807, 2.05) is 31.2 Å². The number of rotatable bonds is 4. The van der Waals surface area contributed by atoms with Crippen LogP contribution in [-0.2, 0) is 4.79 Å². The number of H-pyrrole nitrogens is 1. The molecule has 0 aliphatic carbocycles. The number of thioether (sulfide) groups is 1. The molecule has 6 nitrogen and oxygen atoms in total. The predicted octanol–water partition coefficient (Wildman–Crippen LogP) is 3.23. The Balaban J connectivity index is 1.74. The van der Waals surface area contributed by atoms with Crippen molar-refractivity contribution < 1.29 is 4.79 Å². The maximum absolute atomic E-state index is 12.3. The summed E-state index contributed by atoms with van der Waals surface area (Å²) in [4.78, 5) is 27.7. The topological polar surface area (TPSA) is 83.6 Å². The quantitative estimate of drug-likeness (QED) is 0.538. The summed E-state index contributed by atoms with van der Waals surface area (Å²) in [5.41, 5.74) is 2.08. The summed E-state index contributed by atoms with van der Waals surface area (Å²) in [7, 11) is 0. The number of imidazole rings is 1. The van der Waals surface area contributed by atoms with Crippen LogP contribution in [0.4, 0.5) is 5.69 Å². The van der Waals surface area contributed by atoms with Gasteiger partial charge in [-0.25, -0.2) is 15.0 Å². The molecule has 0 saturated carbocycles. The Labute approximate surface area is 139 Å². The highest BCUT2D eigenvalue weighted by Crippen LogP contribution is 2.28. The molecule has 22 heavy (non-hydrogen) atoms. The number of anilines is 1. The lowest BCUT2D eigenvalue weighted by Gasteiger charge is -2.12. The highest BCUT2D eigenvalue weighted by molar-refractivity contribution is 9.10. The normalized spacial score (nSPS) is 12.3. The standard InChI is InChI=1S/C14H12BrN5OS/c1-8(13(21)20-10-5-3-2-4-9(10)15)22-14-11-12(17-6-16-11)18-7-19-14/h2-8H,1H3,(H,20,21)(H,16,17,18,19)/t8-/m1/s1. The van der Waals surface area contributed by atoms with Gasteiger partial charge in [0, 0.05) is 4.47 Å². The van der Waals surface area contributed by atoms with E-state index in [0.717, 1.165) is 15.7 Å². The second kappa shape index (κ2) is 6.45. The molecule has 0 unspecified atom stereocenters. The van der Waals surface area contributed by atoms with Gasteiger partial charge < -0.3 is 10.3 Å². The van der Waals surface area contributed by atoms with E-state index in [0.29, 0.717) is 10.7 Å². The Hall–Kier alpha value is -1.93. The number of amides is 1. The van der Waals surface area contributed by atoms with E-state index in [-0.39, 0.29) is 11.2 Å². The third-order valence-electron chi connectivity index (χ3n) is 2.98. The van der Waals surface area contributed by atoms with E-state index >= 15 is 0 Å². The van der Waals surface area contributed by atoms with Crippen molar-refractivity contribution in [1.82, 2.24) is 19.9 Å². The SMILES string of the molecule is C[C@@H](Sc1ncnc2nc[nH]c12)C(=O)Nc1ccccc1Br. The van der Waals surface area contributed by atoms with E-state index in [2.05, 4.69) is 41.2 Å². The number of nitrogens with one attached hydrogen (secondary N) is 2. The summed E-state index contributed by atoms with van der Waals surface area (Å²) in [6.07, 6.45) is 3.01. The van der Waals surface area contributed by atoms with Crippen molar-refractivity contribution >= 4 is 50.5 Å². The van der Waals surface area contributed by atoms with E-state index in [9.17, 15) is 4.79 Å². The molecule has 0 fully saturated rings. The number of hydrogen-bond donors (Lipinski definition) is 2. The number of carbonyl (C=O) groups is 1. The molecule has 1 aromatic carbocycles. The van der Waals surface area contributed by atoms with Gasteiger partial charge in [0.2, 0.25) is 5.91 Å². The van der Waals surface area contributed by atoms with Gasteiger partial charge in [0.1, 0.15) is 16.9 Å². The number of para-hydroxylation sites is 1. The van der Waals surface area contributed by atoms with Crippen LogP contribution in [0.3, 0.4) is 0 Å². The molecule has 112 valence electrons. The molecular weight excluding hydrogens is 366 g/mol. The maximum Gasteiger partial charge on any atom is 0.237 e. The van der Waals surface area contributed by atoms with Gasteiger partial charge in [-0.3, -0.25) is 4.79 Å². The largest absolute Gasteiger partial charge is 0.341 e. The predicted molar refractivity (Wildman–Crippen MR) is 89.8 cm³/mol. The maximum atomic E-state index is 12.3. The van der Waals surface area contributed by atoms with E-state index < -0.39 is 0 Å². The number of carbonyl (C=O) groups excluding carboxylic acids is 1. The lowest BCUT2D eigenvalue weighted by atomic mass is 10.3. The van der Waals surface area contributed by atoms with Crippen LogP contribution in [0.5, 0.6) is 0 Å². The van der Waals surface area contributed by atoms with Crippen LogP contribution in [0.25, 0.3) is 11.2 Å². The van der Waals surface area contributed by atoms with Gasteiger partial charge in [-0.1, -0.05) is 23.9 Å². The van der Waals surface area contributed by atoms with Gasteiger partial charge in [0.15, 0.2) is 5.65 Å². The molecule has 0 saturated heterocycles. The molecule has 2 aromatic heterocycles. The molecule has 2 heterocycles. The number of hydrogen-bond acceptors (Lipinski definition) is 5. The van der Waals surface area contributed by atoms with Crippen molar-refractivity contribution in [1.29, 1.82) is 0 Å². The van der Waals surface area contributed by atoms with Gasteiger partial charge >= 0.3 is 0 Å². The van der Waals surface area contributed by atoms with Gasteiger partial charge in [-0.05, 0) is 35.0 Å².